The van der Waals surface area contributed by atoms with Crippen LogP contribution in [0, 0.1) is 6.42 Å². The summed E-state index contributed by atoms with van der Waals surface area (Å²) in [5.41, 5.74) is 3.39. The van der Waals surface area contributed by atoms with E-state index in [1.165, 1.54) is 11.3 Å². The van der Waals surface area contributed by atoms with Gasteiger partial charge in [-0.3, -0.25) is 9.97 Å². The summed E-state index contributed by atoms with van der Waals surface area (Å²) in [7, 11) is 0. The predicted octanol–water partition coefficient (Wildman–Crippen LogP) is 2.95. The Balaban J connectivity index is 1.99. The van der Waals surface area contributed by atoms with Gasteiger partial charge in [0.05, 0.1) is 17.6 Å². The summed E-state index contributed by atoms with van der Waals surface area (Å²) in [5.74, 6) is 0. The van der Waals surface area contributed by atoms with E-state index in [0.717, 1.165) is 31.6 Å². The molecule has 1 radical (unpaired) electrons. The Hall–Kier alpha value is -1.90. The molecule has 0 aliphatic carbocycles. The van der Waals surface area contributed by atoms with E-state index in [1.54, 1.807) is 0 Å². The molecular weight excluding hydrogens is 222 g/mol. The number of nitrogens with zero attached hydrogens (tertiary/aromatic N) is 3. The maximum absolute atomic E-state index is 4.44. The predicted molar refractivity (Wildman–Crippen MR) is 73.2 cm³/mol. The van der Waals surface area contributed by atoms with Crippen LogP contribution in [-0.4, -0.2) is 23.1 Å². The van der Waals surface area contributed by atoms with Crippen molar-refractivity contribution in [2.45, 2.75) is 12.8 Å². The monoisotopic (exact) mass is 238 g/mol. The lowest BCUT2D eigenvalue weighted by Crippen LogP contribution is -2.30. The molecule has 2 aromatic rings. The van der Waals surface area contributed by atoms with Crippen molar-refractivity contribution >= 4 is 5.69 Å². The maximum Gasteiger partial charge on any atom is 0.0723 e. The highest BCUT2D eigenvalue weighted by Gasteiger charge is 2.15. The zero-order valence-corrected chi connectivity index (χ0v) is 10.3. The van der Waals surface area contributed by atoms with E-state index < -0.39 is 0 Å². The molecule has 0 unspecified atom stereocenters. The van der Waals surface area contributed by atoms with Crippen LogP contribution in [0.15, 0.2) is 42.9 Å². The molecule has 2 aromatic heterocycles. The second-order valence-corrected chi connectivity index (χ2v) is 4.46. The summed E-state index contributed by atoms with van der Waals surface area (Å²) in [6.45, 7) is 2.15. The Morgan fingerprint density at radius 2 is 1.89 bits per heavy atom. The summed E-state index contributed by atoms with van der Waals surface area (Å²) in [6, 6.07) is 8.07. The Morgan fingerprint density at radius 1 is 1.00 bits per heavy atom. The van der Waals surface area contributed by atoms with Gasteiger partial charge in [0, 0.05) is 31.0 Å². The van der Waals surface area contributed by atoms with Crippen molar-refractivity contribution < 1.29 is 0 Å². The van der Waals surface area contributed by atoms with Crippen LogP contribution < -0.4 is 4.90 Å². The molecule has 0 spiro atoms. The number of anilines is 1. The van der Waals surface area contributed by atoms with E-state index >= 15 is 0 Å². The van der Waals surface area contributed by atoms with Crippen LogP contribution in [0.4, 0.5) is 5.69 Å². The highest BCUT2D eigenvalue weighted by atomic mass is 15.1. The van der Waals surface area contributed by atoms with Crippen LogP contribution in [0.2, 0.25) is 0 Å². The molecule has 0 bridgehead atoms. The Kier molecular flexibility index (Phi) is 3.22. The summed E-state index contributed by atoms with van der Waals surface area (Å²) in [6.07, 6.45) is 10.3. The Bertz CT molecular complexity index is 504. The lowest BCUT2D eigenvalue weighted by atomic mass is 10.1. The first kappa shape index (κ1) is 11.2. The highest BCUT2D eigenvalue weighted by molar-refractivity contribution is 5.75. The maximum atomic E-state index is 4.44. The van der Waals surface area contributed by atoms with Crippen molar-refractivity contribution in [1.29, 1.82) is 0 Å². The van der Waals surface area contributed by atoms with Crippen molar-refractivity contribution in [2.24, 2.45) is 0 Å². The van der Waals surface area contributed by atoms with Crippen molar-refractivity contribution in [3.05, 3.63) is 49.3 Å². The van der Waals surface area contributed by atoms with Gasteiger partial charge < -0.3 is 4.90 Å². The van der Waals surface area contributed by atoms with Gasteiger partial charge in [0.25, 0.3) is 0 Å². The van der Waals surface area contributed by atoms with Crippen molar-refractivity contribution in [3.63, 3.8) is 0 Å². The summed E-state index contributed by atoms with van der Waals surface area (Å²) >= 11 is 0. The van der Waals surface area contributed by atoms with Crippen LogP contribution in [0.25, 0.3) is 11.3 Å². The van der Waals surface area contributed by atoms with Gasteiger partial charge in [-0.25, -0.2) is 0 Å². The minimum atomic E-state index is 1.02. The number of pyridine rings is 2. The quantitative estimate of drug-likeness (QED) is 0.805. The van der Waals surface area contributed by atoms with Crippen LogP contribution in [-0.2, 0) is 0 Å². The van der Waals surface area contributed by atoms with Crippen LogP contribution in [0.1, 0.15) is 12.8 Å². The molecule has 1 aliphatic heterocycles. The molecule has 1 saturated heterocycles. The molecule has 18 heavy (non-hydrogen) atoms. The minimum Gasteiger partial charge on any atom is -0.370 e. The molecule has 91 valence electrons. The van der Waals surface area contributed by atoms with Gasteiger partial charge in [-0.2, -0.15) is 0 Å². The number of aromatic nitrogens is 2. The zero-order chi connectivity index (χ0) is 12.2. The van der Waals surface area contributed by atoms with E-state index in [0.29, 0.717) is 0 Å². The van der Waals surface area contributed by atoms with Crippen LogP contribution in [0.3, 0.4) is 0 Å². The van der Waals surface area contributed by atoms with Gasteiger partial charge in [0.2, 0.25) is 0 Å². The smallest absolute Gasteiger partial charge is 0.0723 e. The fourth-order valence-electron chi connectivity index (χ4n) is 2.37. The first-order chi connectivity index (χ1) is 8.95. The molecule has 0 amide bonds. The fraction of sp³-hybridized carbons (Fsp3) is 0.267. The lowest BCUT2D eigenvalue weighted by molar-refractivity contribution is 0.678. The van der Waals surface area contributed by atoms with Crippen LogP contribution >= 0.6 is 0 Å². The first-order valence-corrected chi connectivity index (χ1v) is 6.37. The van der Waals surface area contributed by atoms with E-state index in [4.69, 9.17) is 0 Å². The van der Waals surface area contributed by atoms with E-state index in [9.17, 15) is 0 Å². The second-order valence-electron chi connectivity index (χ2n) is 4.46. The second kappa shape index (κ2) is 5.17. The highest BCUT2D eigenvalue weighted by Crippen LogP contribution is 2.29. The topological polar surface area (TPSA) is 29.0 Å². The van der Waals surface area contributed by atoms with Gasteiger partial charge in [0.15, 0.2) is 0 Å². The number of piperidine rings is 1. The third-order valence-electron chi connectivity index (χ3n) is 3.29. The third-order valence-corrected chi connectivity index (χ3v) is 3.29. The molecule has 3 heterocycles. The molecule has 1 aliphatic rings. The van der Waals surface area contributed by atoms with Crippen molar-refractivity contribution in [3.8, 4) is 11.3 Å². The lowest BCUT2D eigenvalue weighted by Gasteiger charge is -2.29. The van der Waals surface area contributed by atoms with E-state index in [1.807, 2.05) is 30.7 Å². The van der Waals surface area contributed by atoms with Gasteiger partial charge in [-0.1, -0.05) is 6.07 Å². The average Bonchev–Trinajstić information content (AvgIpc) is 2.49. The Labute approximate surface area is 108 Å². The van der Waals surface area contributed by atoms with Crippen molar-refractivity contribution in [2.75, 3.05) is 18.0 Å². The summed E-state index contributed by atoms with van der Waals surface area (Å²) in [5, 5.41) is 0. The average molecular weight is 238 g/mol. The van der Waals surface area contributed by atoms with E-state index in [2.05, 4.69) is 33.4 Å². The molecule has 0 saturated carbocycles. The molecule has 1 fully saturated rings. The molecule has 3 nitrogen and oxygen atoms in total. The van der Waals surface area contributed by atoms with Gasteiger partial charge >= 0.3 is 0 Å². The number of hydrogen-bond donors (Lipinski definition) is 0. The standard InChI is InChI=1S/C15H16N3/c1-4-10-18(11-5-1)15-12-16-9-7-13(15)14-6-2-3-8-17-14/h1-3,6-9,12H,4-5,10-11H2. The third kappa shape index (κ3) is 2.21. The summed E-state index contributed by atoms with van der Waals surface area (Å²) in [4.78, 5) is 11.1. The number of rotatable bonds is 2. The normalized spacial score (nSPS) is 15.7. The van der Waals surface area contributed by atoms with Crippen LogP contribution in [0.5, 0.6) is 0 Å². The molecule has 3 heteroatoms. The van der Waals surface area contributed by atoms with Gasteiger partial charge in [-0.15, -0.1) is 0 Å². The molecule has 3 rings (SSSR count). The van der Waals surface area contributed by atoms with Gasteiger partial charge in [-0.05, 0) is 37.5 Å². The molecule has 0 aromatic carbocycles. The number of hydrogen-bond acceptors (Lipinski definition) is 3. The SMILES string of the molecule is [CH]1CCN(c2cnccc2-c2ccccn2)CC1. The minimum absolute atomic E-state index is 1.02. The largest absolute Gasteiger partial charge is 0.370 e. The molecule has 0 N–H and O–H groups in total. The molecule has 0 atom stereocenters. The van der Waals surface area contributed by atoms with Crippen molar-refractivity contribution in [1.82, 2.24) is 9.97 Å². The summed E-state index contributed by atoms with van der Waals surface area (Å²) < 4.78 is 0. The fourth-order valence-corrected chi connectivity index (χ4v) is 2.37. The van der Waals surface area contributed by atoms with E-state index in [-0.39, 0.29) is 0 Å². The first-order valence-electron chi connectivity index (χ1n) is 6.37. The van der Waals surface area contributed by atoms with Gasteiger partial charge in [0.1, 0.15) is 0 Å². The molecular formula is C15H16N3. The Morgan fingerprint density at radius 3 is 2.67 bits per heavy atom. The zero-order valence-electron chi connectivity index (χ0n) is 10.3.